The van der Waals surface area contributed by atoms with E-state index in [1.54, 1.807) is 6.92 Å². The maximum Gasteiger partial charge on any atom is 0.260 e. The van der Waals surface area contributed by atoms with Crippen LogP contribution in [-0.4, -0.2) is 18.1 Å². The molecule has 2 atom stereocenters. The molecule has 0 saturated carbocycles. The zero-order valence-corrected chi connectivity index (χ0v) is 14.2. The molecule has 1 N–H and O–H groups in total. The van der Waals surface area contributed by atoms with Crippen molar-refractivity contribution in [3.05, 3.63) is 29.3 Å². The van der Waals surface area contributed by atoms with Gasteiger partial charge < -0.3 is 10.1 Å². The number of ether oxygens (including phenoxy) is 1. The molecule has 0 aliphatic rings. The molecule has 0 saturated heterocycles. The van der Waals surface area contributed by atoms with E-state index in [1.807, 2.05) is 19.9 Å². The van der Waals surface area contributed by atoms with Crippen LogP contribution in [0.1, 0.15) is 64.5 Å². The van der Waals surface area contributed by atoms with Crippen LogP contribution in [0.2, 0.25) is 0 Å². The summed E-state index contributed by atoms with van der Waals surface area (Å²) in [5.41, 5.74) is 2.28. The number of carbonyl (C=O) groups excluding carboxylic acids is 1. The molecule has 0 spiro atoms. The molecule has 0 unspecified atom stereocenters. The minimum Gasteiger partial charge on any atom is -0.481 e. The quantitative estimate of drug-likeness (QED) is 0.818. The van der Waals surface area contributed by atoms with Gasteiger partial charge in [-0.3, -0.25) is 4.79 Å². The lowest BCUT2D eigenvalue weighted by Crippen LogP contribution is -2.41. The van der Waals surface area contributed by atoms with Crippen LogP contribution in [0.5, 0.6) is 5.75 Å². The topological polar surface area (TPSA) is 38.3 Å². The average molecular weight is 291 g/mol. The third-order valence-electron chi connectivity index (χ3n) is 3.57. The van der Waals surface area contributed by atoms with E-state index < -0.39 is 6.10 Å². The highest BCUT2D eigenvalue weighted by Gasteiger charge is 2.18. The van der Waals surface area contributed by atoms with Crippen molar-refractivity contribution in [2.24, 2.45) is 0 Å². The van der Waals surface area contributed by atoms with Crippen molar-refractivity contribution in [2.75, 3.05) is 0 Å². The van der Waals surface area contributed by atoms with Gasteiger partial charge in [-0.1, -0.05) is 39.3 Å². The molecule has 1 aromatic rings. The Hall–Kier alpha value is -1.51. The maximum absolute atomic E-state index is 12.2. The predicted molar refractivity (Wildman–Crippen MR) is 87.9 cm³/mol. The Balaban J connectivity index is 2.76. The first-order valence-electron chi connectivity index (χ1n) is 7.92. The largest absolute Gasteiger partial charge is 0.481 e. The molecule has 0 fully saturated rings. The minimum absolute atomic E-state index is 0.0489. The van der Waals surface area contributed by atoms with Crippen molar-refractivity contribution in [3.8, 4) is 5.75 Å². The summed E-state index contributed by atoms with van der Waals surface area (Å²) >= 11 is 0. The molecule has 0 heterocycles. The van der Waals surface area contributed by atoms with Crippen LogP contribution in [0.15, 0.2) is 18.2 Å². The standard InChI is InChI=1S/C18H29NO2/c1-7-8-14(5)19-18(20)15(6)21-17-11-13(4)9-10-16(17)12(2)3/h9-12,14-15H,7-8H2,1-6H3,(H,19,20)/t14-,15-/m0/s1. The molecule has 1 amide bonds. The second-order valence-corrected chi connectivity index (χ2v) is 6.15. The van der Waals surface area contributed by atoms with Gasteiger partial charge in [-0.2, -0.15) is 0 Å². The fraction of sp³-hybridized carbons (Fsp3) is 0.611. The van der Waals surface area contributed by atoms with Gasteiger partial charge in [-0.15, -0.1) is 0 Å². The molecule has 3 nitrogen and oxygen atoms in total. The molecular weight excluding hydrogens is 262 g/mol. The summed E-state index contributed by atoms with van der Waals surface area (Å²) in [4.78, 5) is 12.2. The maximum atomic E-state index is 12.2. The van der Waals surface area contributed by atoms with Crippen molar-refractivity contribution in [1.82, 2.24) is 5.32 Å². The van der Waals surface area contributed by atoms with Gasteiger partial charge in [-0.25, -0.2) is 0 Å². The van der Waals surface area contributed by atoms with Gasteiger partial charge in [0.15, 0.2) is 6.10 Å². The third-order valence-corrected chi connectivity index (χ3v) is 3.57. The van der Waals surface area contributed by atoms with E-state index in [0.717, 1.165) is 29.7 Å². The first kappa shape index (κ1) is 17.5. The summed E-state index contributed by atoms with van der Waals surface area (Å²) in [5, 5.41) is 3.00. The zero-order chi connectivity index (χ0) is 16.0. The van der Waals surface area contributed by atoms with Gasteiger partial charge in [0, 0.05) is 6.04 Å². The van der Waals surface area contributed by atoms with E-state index in [4.69, 9.17) is 4.74 Å². The van der Waals surface area contributed by atoms with Crippen LogP contribution < -0.4 is 10.1 Å². The molecule has 0 radical (unpaired) electrons. The van der Waals surface area contributed by atoms with Crippen LogP contribution in [0, 0.1) is 6.92 Å². The zero-order valence-electron chi connectivity index (χ0n) is 14.2. The lowest BCUT2D eigenvalue weighted by molar-refractivity contribution is -0.127. The Bertz CT molecular complexity index is 468. The Morgan fingerprint density at radius 2 is 1.90 bits per heavy atom. The molecule has 3 heteroatoms. The summed E-state index contributed by atoms with van der Waals surface area (Å²) in [6.45, 7) is 12.2. The monoisotopic (exact) mass is 291 g/mol. The second-order valence-electron chi connectivity index (χ2n) is 6.15. The number of rotatable bonds is 7. The van der Waals surface area contributed by atoms with Gasteiger partial charge >= 0.3 is 0 Å². The van der Waals surface area contributed by atoms with E-state index in [1.165, 1.54) is 0 Å². The Labute approximate surface area is 129 Å². The molecule has 118 valence electrons. The summed E-state index contributed by atoms with van der Waals surface area (Å²) in [6, 6.07) is 6.36. The highest BCUT2D eigenvalue weighted by atomic mass is 16.5. The number of hydrogen-bond donors (Lipinski definition) is 1. The van der Waals surface area contributed by atoms with Crippen molar-refractivity contribution < 1.29 is 9.53 Å². The number of carbonyl (C=O) groups is 1. The van der Waals surface area contributed by atoms with Gasteiger partial charge in [0.25, 0.3) is 5.91 Å². The van der Waals surface area contributed by atoms with Gasteiger partial charge in [-0.05, 0) is 50.3 Å². The van der Waals surface area contributed by atoms with Crippen molar-refractivity contribution in [2.45, 2.75) is 72.4 Å². The fourth-order valence-electron chi connectivity index (χ4n) is 2.33. The molecule has 21 heavy (non-hydrogen) atoms. The molecule has 0 bridgehead atoms. The van der Waals surface area contributed by atoms with Crippen LogP contribution in [0.3, 0.4) is 0 Å². The van der Waals surface area contributed by atoms with Crippen LogP contribution >= 0.6 is 0 Å². The first-order chi connectivity index (χ1) is 9.85. The van der Waals surface area contributed by atoms with Crippen LogP contribution in [0.4, 0.5) is 0 Å². The molecule has 1 rings (SSSR count). The van der Waals surface area contributed by atoms with E-state index >= 15 is 0 Å². The highest BCUT2D eigenvalue weighted by molar-refractivity contribution is 5.81. The smallest absolute Gasteiger partial charge is 0.260 e. The lowest BCUT2D eigenvalue weighted by Gasteiger charge is -2.21. The number of aryl methyl sites for hydroxylation is 1. The summed E-state index contributed by atoms with van der Waals surface area (Å²) < 4.78 is 5.92. The molecule has 0 aromatic heterocycles. The van der Waals surface area contributed by atoms with E-state index in [9.17, 15) is 4.79 Å². The van der Waals surface area contributed by atoms with E-state index in [-0.39, 0.29) is 11.9 Å². The van der Waals surface area contributed by atoms with E-state index in [0.29, 0.717) is 5.92 Å². The van der Waals surface area contributed by atoms with Gasteiger partial charge in [0.2, 0.25) is 0 Å². The van der Waals surface area contributed by atoms with Crippen molar-refractivity contribution in [1.29, 1.82) is 0 Å². The van der Waals surface area contributed by atoms with E-state index in [2.05, 4.69) is 38.2 Å². The molecule has 0 aliphatic carbocycles. The average Bonchev–Trinajstić information content (AvgIpc) is 2.38. The van der Waals surface area contributed by atoms with Crippen LogP contribution in [0.25, 0.3) is 0 Å². The summed E-state index contributed by atoms with van der Waals surface area (Å²) in [5.74, 6) is 1.14. The number of benzene rings is 1. The number of hydrogen-bond acceptors (Lipinski definition) is 2. The highest BCUT2D eigenvalue weighted by Crippen LogP contribution is 2.28. The lowest BCUT2D eigenvalue weighted by atomic mass is 10.0. The van der Waals surface area contributed by atoms with Crippen molar-refractivity contribution in [3.63, 3.8) is 0 Å². The molecular formula is C18H29NO2. The van der Waals surface area contributed by atoms with Gasteiger partial charge in [0.05, 0.1) is 0 Å². The second kappa shape index (κ2) is 8.06. The van der Waals surface area contributed by atoms with Crippen LogP contribution in [-0.2, 0) is 4.79 Å². The minimum atomic E-state index is -0.483. The Kier molecular flexibility index (Phi) is 6.73. The Morgan fingerprint density at radius 1 is 1.24 bits per heavy atom. The Morgan fingerprint density at radius 3 is 2.48 bits per heavy atom. The van der Waals surface area contributed by atoms with Gasteiger partial charge in [0.1, 0.15) is 5.75 Å². The molecule has 0 aliphatic heterocycles. The first-order valence-corrected chi connectivity index (χ1v) is 7.92. The number of amides is 1. The summed E-state index contributed by atoms with van der Waals surface area (Å²) in [7, 11) is 0. The normalized spacial score (nSPS) is 13.9. The summed E-state index contributed by atoms with van der Waals surface area (Å²) in [6.07, 6.45) is 1.57. The van der Waals surface area contributed by atoms with Crippen molar-refractivity contribution >= 4 is 5.91 Å². The SMILES string of the molecule is CCC[C@H](C)NC(=O)[C@H](C)Oc1cc(C)ccc1C(C)C. The molecule has 1 aromatic carbocycles. The number of nitrogens with one attached hydrogen (secondary N) is 1. The fourth-order valence-corrected chi connectivity index (χ4v) is 2.33. The predicted octanol–water partition coefficient (Wildman–Crippen LogP) is 4.19. The third kappa shape index (κ3) is 5.41.